The number of hydrogen-bond acceptors (Lipinski definition) is 2. The number of benzene rings is 10. The first-order valence-electron chi connectivity index (χ1n) is 20.8. The van der Waals surface area contributed by atoms with E-state index in [0.29, 0.717) is 16.9 Å². The van der Waals surface area contributed by atoms with E-state index in [2.05, 4.69) is 78.9 Å². The molecular weight excluding hydrogens is 679 g/mol. The van der Waals surface area contributed by atoms with Crippen molar-refractivity contribution in [3.8, 4) is 33.4 Å². The topological polar surface area (TPSA) is 16.4 Å². The summed E-state index contributed by atoms with van der Waals surface area (Å²) < 4.78 is 45.0. The molecule has 0 radical (unpaired) electrons. The Kier molecular flexibility index (Phi) is 6.60. The highest BCUT2D eigenvalue weighted by atomic mass is 16.3. The maximum atomic E-state index is 9.72. The van der Waals surface area contributed by atoms with Crippen molar-refractivity contribution in [2.45, 2.75) is 0 Å². The molecule has 11 aromatic rings. The Hall–Kier alpha value is -7.42. The molecule has 2 heteroatoms. The van der Waals surface area contributed by atoms with Gasteiger partial charge in [0.1, 0.15) is 11.2 Å². The summed E-state index contributed by atoms with van der Waals surface area (Å²) in [6.07, 6.45) is 0. The van der Waals surface area contributed by atoms with E-state index in [1.807, 2.05) is 114 Å². The van der Waals surface area contributed by atoms with Crippen molar-refractivity contribution in [3.05, 3.63) is 212 Å². The second-order valence-corrected chi connectivity index (χ2v) is 14.2. The Bertz CT molecular complexity index is 3460. The van der Waals surface area contributed by atoms with Crippen LogP contribution in [0.4, 0.5) is 17.1 Å². The van der Waals surface area contributed by atoms with Crippen molar-refractivity contribution in [3.63, 3.8) is 0 Å². The van der Waals surface area contributed by atoms with E-state index in [9.17, 15) is 5.48 Å². The number of anilines is 3. The Morgan fingerprint density at radius 1 is 0.357 bits per heavy atom. The van der Waals surface area contributed by atoms with Crippen LogP contribution in [0.3, 0.4) is 0 Å². The average Bonchev–Trinajstić information content (AvgIpc) is 3.69. The number of para-hydroxylation sites is 2. The van der Waals surface area contributed by atoms with Crippen LogP contribution in [-0.4, -0.2) is 0 Å². The fraction of sp³-hybridized carbons (Fsp3) is 0. The van der Waals surface area contributed by atoms with Crippen molar-refractivity contribution >= 4 is 71.3 Å². The standard InChI is InChI=1S/C54H35NO/c1-2-13-40-35-41(24-23-36(40)11-1)37-25-29-42(30-26-37)55(43-31-27-39(28-32-43)45-18-9-14-38-12-3-4-15-44(38)45)52-21-7-5-16-48(52)46-19-10-20-50-47(46)33-34-51-49-17-6-8-22-53(49)56-54(50)51/h1-35H/i27D,28D,31D,32D. The summed E-state index contributed by atoms with van der Waals surface area (Å²) in [5.74, 6) is 0. The maximum absolute atomic E-state index is 9.72. The summed E-state index contributed by atoms with van der Waals surface area (Å²) in [4.78, 5) is 1.89. The zero-order valence-corrected chi connectivity index (χ0v) is 30.3. The van der Waals surface area contributed by atoms with Crippen molar-refractivity contribution in [2.75, 3.05) is 4.90 Å². The normalized spacial score (nSPS) is 12.6. The van der Waals surface area contributed by atoms with Crippen molar-refractivity contribution in [1.29, 1.82) is 0 Å². The third-order valence-corrected chi connectivity index (χ3v) is 10.9. The molecule has 262 valence electrons. The molecule has 0 atom stereocenters. The van der Waals surface area contributed by atoms with Gasteiger partial charge in [-0.1, -0.05) is 164 Å². The molecule has 10 aromatic carbocycles. The highest BCUT2D eigenvalue weighted by Crippen LogP contribution is 2.45. The van der Waals surface area contributed by atoms with Gasteiger partial charge in [0.15, 0.2) is 0 Å². The second kappa shape index (κ2) is 13.2. The van der Waals surface area contributed by atoms with Crippen LogP contribution >= 0.6 is 0 Å². The lowest BCUT2D eigenvalue weighted by Crippen LogP contribution is -2.11. The highest BCUT2D eigenvalue weighted by Gasteiger charge is 2.20. The molecule has 0 bridgehead atoms. The maximum Gasteiger partial charge on any atom is 0.143 e. The first-order chi connectivity index (χ1) is 29.4. The van der Waals surface area contributed by atoms with Crippen LogP contribution in [0.1, 0.15) is 5.48 Å². The van der Waals surface area contributed by atoms with Gasteiger partial charge in [-0.15, -0.1) is 0 Å². The zero-order valence-electron chi connectivity index (χ0n) is 34.3. The number of hydrogen-bond donors (Lipinski definition) is 0. The van der Waals surface area contributed by atoms with Gasteiger partial charge in [0, 0.05) is 33.1 Å². The van der Waals surface area contributed by atoms with E-state index in [-0.39, 0.29) is 35.4 Å². The Morgan fingerprint density at radius 3 is 1.84 bits per heavy atom. The van der Waals surface area contributed by atoms with Crippen LogP contribution < -0.4 is 4.90 Å². The lowest BCUT2D eigenvalue weighted by Gasteiger charge is -2.28. The minimum Gasteiger partial charge on any atom is -0.455 e. The first-order valence-corrected chi connectivity index (χ1v) is 18.8. The molecule has 1 heterocycles. The van der Waals surface area contributed by atoms with E-state index < -0.39 is 0 Å². The molecule has 0 aliphatic heterocycles. The van der Waals surface area contributed by atoms with Gasteiger partial charge in [-0.2, -0.15) is 0 Å². The Balaban J connectivity index is 1.14. The van der Waals surface area contributed by atoms with Gasteiger partial charge in [-0.05, 0) is 103 Å². The number of fused-ring (bicyclic) bond motifs is 7. The van der Waals surface area contributed by atoms with Gasteiger partial charge in [0.25, 0.3) is 0 Å². The minimum absolute atomic E-state index is 0.102. The summed E-state index contributed by atoms with van der Waals surface area (Å²) in [6, 6.07) is 62.6. The highest BCUT2D eigenvalue weighted by molar-refractivity contribution is 6.18. The number of furan rings is 1. The largest absolute Gasteiger partial charge is 0.455 e. The molecule has 0 spiro atoms. The summed E-state index contributed by atoms with van der Waals surface area (Å²) in [6.45, 7) is 0. The number of rotatable bonds is 6. The molecule has 0 saturated heterocycles. The van der Waals surface area contributed by atoms with Crippen LogP contribution in [0.25, 0.3) is 87.6 Å². The summed E-state index contributed by atoms with van der Waals surface area (Å²) in [5.41, 5.74) is 8.08. The van der Waals surface area contributed by atoms with Crippen molar-refractivity contribution in [1.82, 2.24) is 0 Å². The van der Waals surface area contributed by atoms with Gasteiger partial charge >= 0.3 is 0 Å². The third kappa shape index (κ3) is 5.34. The molecule has 0 aliphatic rings. The molecule has 2 nitrogen and oxygen atoms in total. The molecule has 0 amide bonds. The zero-order chi connectivity index (χ0) is 40.5. The Morgan fingerprint density at radius 2 is 0.964 bits per heavy atom. The number of nitrogens with zero attached hydrogens (tertiary/aromatic N) is 1. The van der Waals surface area contributed by atoms with Crippen LogP contribution in [0.15, 0.2) is 217 Å². The molecule has 0 fully saturated rings. The van der Waals surface area contributed by atoms with E-state index in [4.69, 9.17) is 4.42 Å². The lowest BCUT2D eigenvalue weighted by molar-refractivity contribution is 0.672. The van der Waals surface area contributed by atoms with Gasteiger partial charge in [0.2, 0.25) is 0 Å². The lowest BCUT2D eigenvalue weighted by atomic mass is 9.94. The summed E-state index contributed by atoms with van der Waals surface area (Å²) >= 11 is 0. The fourth-order valence-electron chi connectivity index (χ4n) is 8.23. The first kappa shape index (κ1) is 28.1. The fourth-order valence-corrected chi connectivity index (χ4v) is 8.23. The third-order valence-electron chi connectivity index (χ3n) is 10.9. The quantitative estimate of drug-likeness (QED) is 0.170. The predicted molar refractivity (Wildman–Crippen MR) is 237 cm³/mol. The van der Waals surface area contributed by atoms with E-state index in [1.54, 1.807) is 0 Å². The van der Waals surface area contributed by atoms with Crippen molar-refractivity contribution in [2.24, 2.45) is 0 Å². The SMILES string of the molecule is [2H]c1c([2H])c(N(c2ccc(-c3ccc4ccccc4c3)cc2)c2ccccc2-c2cccc3c2ccc2c4ccccc4oc32)c([2H])c([2H])c1-c1cccc2ccccc12. The monoisotopic (exact) mass is 717 g/mol. The molecule has 1 aromatic heterocycles. The molecule has 0 saturated carbocycles. The predicted octanol–water partition coefficient (Wildman–Crippen LogP) is 15.5. The molecule has 56 heavy (non-hydrogen) atoms. The molecule has 0 aliphatic carbocycles. The Labute approximate surface area is 330 Å². The van der Waals surface area contributed by atoms with Crippen LogP contribution in [0.2, 0.25) is 0 Å². The van der Waals surface area contributed by atoms with E-state index in [1.165, 1.54) is 5.39 Å². The molecule has 0 N–H and O–H groups in total. The summed E-state index contributed by atoms with van der Waals surface area (Å²) in [7, 11) is 0. The van der Waals surface area contributed by atoms with Gasteiger partial charge in [-0.3, -0.25) is 0 Å². The van der Waals surface area contributed by atoms with E-state index >= 15 is 0 Å². The van der Waals surface area contributed by atoms with Crippen LogP contribution in [0, 0.1) is 0 Å². The molecular formula is C54H35NO. The van der Waals surface area contributed by atoms with Gasteiger partial charge in [-0.25, -0.2) is 0 Å². The molecule has 0 unspecified atom stereocenters. The van der Waals surface area contributed by atoms with E-state index in [0.717, 1.165) is 71.1 Å². The second-order valence-electron chi connectivity index (χ2n) is 14.2. The van der Waals surface area contributed by atoms with Crippen LogP contribution in [0.5, 0.6) is 0 Å². The van der Waals surface area contributed by atoms with Crippen LogP contribution in [-0.2, 0) is 0 Å². The van der Waals surface area contributed by atoms with Crippen molar-refractivity contribution < 1.29 is 9.90 Å². The van der Waals surface area contributed by atoms with Gasteiger partial charge in [0.05, 0.1) is 11.2 Å². The smallest absolute Gasteiger partial charge is 0.143 e. The van der Waals surface area contributed by atoms with Gasteiger partial charge < -0.3 is 9.32 Å². The average molecular weight is 718 g/mol. The summed E-state index contributed by atoms with van der Waals surface area (Å²) in [5, 5.41) is 8.24. The minimum atomic E-state index is -0.130. The molecule has 11 rings (SSSR count).